The molecule has 0 atom stereocenters. The number of ketones is 1. The van der Waals surface area contributed by atoms with E-state index < -0.39 is 0 Å². The maximum Gasteiger partial charge on any atom is 0.162 e. The first-order valence-corrected chi connectivity index (χ1v) is 4.91. The van der Waals surface area contributed by atoms with Gasteiger partial charge < -0.3 is 0 Å². The van der Waals surface area contributed by atoms with Crippen molar-refractivity contribution in [3.63, 3.8) is 0 Å². The van der Waals surface area contributed by atoms with Crippen molar-refractivity contribution in [2.24, 2.45) is 0 Å². The van der Waals surface area contributed by atoms with E-state index in [0.717, 1.165) is 0 Å². The van der Waals surface area contributed by atoms with Gasteiger partial charge in [0.15, 0.2) is 10.9 Å². The quantitative estimate of drug-likeness (QED) is 0.694. The van der Waals surface area contributed by atoms with E-state index in [1.165, 1.54) is 6.92 Å². The van der Waals surface area contributed by atoms with Crippen LogP contribution in [0.5, 0.6) is 0 Å². The molecule has 0 aliphatic heterocycles. The van der Waals surface area contributed by atoms with E-state index in [2.05, 4.69) is 9.97 Å². The van der Waals surface area contributed by atoms with Gasteiger partial charge in [-0.2, -0.15) is 0 Å². The number of benzene rings is 1. The Hall–Kier alpha value is -1.48. The summed E-state index contributed by atoms with van der Waals surface area (Å²) >= 11 is 5.88. The molecule has 0 aliphatic rings. The smallest absolute Gasteiger partial charge is 0.162 e. The minimum absolute atomic E-state index is 0.0326. The molecule has 3 nitrogen and oxygen atoms in total. The van der Waals surface area contributed by atoms with Gasteiger partial charge in [-0.05, 0) is 26.0 Å². The zero-order valence-electron chi connectivity index (χ0n) is 8.41. The Labute approximate surface area is 92.1 Å². The average Bonchev–Trinajstić information content (AvgIpc) is 2.18. The summed E-state index contributed by atoms with van der Waals surface area (Å²) in [6.45, 7) is 3.29. The Kier molecular flexibility index (Phi) is 2.40. The third-order valence-corrected chi connectivity index (χ3v) is 2.55. The van der Waals surface area contributed by atoms with E-state index in [4.69, 9.17) is 11.6 Å². The van der Waals surface area contributed by atoms with Gasteiger partial charge in [0.1, 0.15) is 5.52 Å². The van der Waals surface area contributed by atoms with Gasteiger partial charge in [-0.3, -0.25) is 4.79 Å². The van der Waals surface area contributed by atoms with Crippen LogP contribution in [0.25, 0.3) is 11.0 Å². The average molecular weight is 221 g/mol. The second kappa shape index (κ2) is 3.59. The first kappa shape index (κ1) is 10.1. The molecule has 15 heavy (non-hydrogen) atoms. The van der Waals surface area contributed by atoms with Gasteiger partial charge in [-0.25, -0.2) is 9.97 Å². The fraction of sp³-hybridized carbons (Fsp3) is 0.182. The summed E-state index contributed by atoms with van der Waals surface area (Å²) in [5.74, 6) is -0.0326. The molecule has 0 unspecified atom stereocenters. The standard InChI is InChI=1S/C11H9ClN2O/c1-6-11(12)14-10-8(7(2)15)4-3-5-9(10)13-6/h3-5H,1-2H3. The summed E-state index contributed by atoms with van der Waals surface area (Å²) in [5.41, 5.74) is 2.50. The van der Waals surface area contributed by atoms with Crippen LogP contribution in [0.4, 0.5) is 0 Å². The van der Waals surface area contributed by atoms with Crippen LogP contribution in [0.3, 0.4) is 0 Å². The van der Waals surface area contributed by atoms with E-state index in [-0.39, 0.29) is 5.78 Å². The summed E-state index contributed by atoms with van der Waals surface area (Å²) in [4.78, 5) is 19.8. The van der Waals surface area contributed by atoms with Crippen molar-refractivity contribution in [2.75, 3.05) is 0 Å². The minimum Gasteiger partial charge on any atom is -0.294 e. The molecule has 0 saturated heterocycles. The predicted octanol–water partition coefficient (Wildman–Crippen LogP) is 2.79. The maximum atomic E-state index is 11.3. The van der Waals surface area contributed by atoms with Gasteiger partial charge in [0.2, 0.25) is 0 Å². The van der Waals surface area contributed by atoms with Crippen molar-refractivity contribution in [1.82, 2.24) is 9.97 Å². The molecule has 0 radical (unpaired) electrons. The lowest BCUT2D eigenvalue weighted by Gasteiger charge is -2.03. The lowest BCUT2D eigenvalue weighted by molar-refractivity contribution is 0.101. The normalized spacial score (nSPS) is 10.6. The lowest BCUT2D eigenvalue weighted by atomic mass is 10.1. The summed E-state index contributed by atoms with van der Waals surface area (Å²) in [7, 11) is 0. The molecule has 1 aromatic carbocycles. The molecule has 0 fully saturated rings. The number of aromatic nitrogens is 2. The lowest BCUT2D eigenvalue weighted by Crippen LogP contribution is -1.98. The van der Waals surface area contributed by atoms with Crippen molar-refractivity contribution in [1.29, 1.82) is 0 Å². The molecule has 76 valence electrons. The van der Waals surface area contributed by atoms with E-state index in [0.29, 0.717) is 27.4 Å². The molecule has 0 bridgehead atoms. The number of halogens is 1. The Morgan fingerprint density at radius 3 is 2.73 bits per heavy atom. The number of Topliss-reactive ketones (excluding diaryl/α,β-unsaturated/α-hetero) is 1. The number of aryl methyl sites for hydroxylation is 1. The minimum atomic E-state index is -0.0326. The first-order valence-electron chi connectivity index (χ1n) is 4.53. The molecular formula is C11H9ClN2O. The highest BCUT2D eigenvalue weighted by Crippen LogP contribution is 2.19. The molecule has 0 saturated carbocycles. The topological polar surface area (TPSA) is 42.9 Å². The van der Waals surface area contributed by atoms with Crippen LogP contribution in [0.2, 0.25) is 5.15 Å². The Bertz CT molecular complexity index is 552. The monoisotopic (exact) mass is 220 g/mol. The Morgan fingerprint density at radius 1 is 1.33 bits per heavy atom. The van der Waals surface area contributed by atoms with E-state index in [9.17, 15) is 4.79 Å². The van der Waals surface area contributed by atoms with E-state index in [1.54, 1.807) is 19.1 Å². The van der Waals surface area contributed by atoms with Gasteiger partial charge in [0.25, 0.3) is 0 Å². The zero-order valence-corrected chi connectivity index (χ0v) is 9.17. The molecule has 4 heteroatoms. The van der Waals surface area contributed by atoms with E-state index >= 15 is 0 Å². The van der Waals surface area contributed by atoms with Crippen LogP contribution in [0.15, 0.2) is 18.2 Å². The molecule has 2 aromatic rings. The SMILES string of the molecule is CC(=O)c1cccc2nc(C)c(Cl)nc12. The van der Waals surface area contributed by atoms with Crippen LogP contribution in [0.1, 0.15) is 23.0 Å². The molecule has 0 spiro atoms. The molecule has 1 aromatic heterocycles. The van der Waals surface area contributed by atoms with Crippen LogP contribution < -0.4 is 0 Å². The van der Waals surface area contributed by atoms with Crippen molar-refractivity contribution in [3.8, 4) is 0 Å². The third-order valence-electron chi connectivity index (χ3n) is 2.19. The fourth-order valence-corrected chi connectivity index (χ4v) is 1.56. The van der Waals surface area contributed by atoms with Gasteiger partial charge in [-0.1, -0.05) is 17.7 Å². The second-order valence-corrected chi connectivity index (χ2v) is 3.69. The third kappa shape index (κ3) is 1.70. The summed E-state index contributed by atoms with van der Waals surface area (Å²) in [5, 5.41) is 0.344. The van der Waals surface area contributed by atoms with Gasteiger partial charge in [0.05, 0.1) is 11.2 Å². The van der Waals surface area contributed by atoms with Crippen LogP contribution in [-0.4, -0.2) is 15.8 Å². The number of hydrogen-bond donors (Lipinski definition) is 0. The van der Waals surface area contributed by atoms with Gasteiger partial charge >= 0.3 is 0 Å². The van der Waals surface area contributed by atoms with Crippen molar-refractivity contribution in [2.45, 2.75) is 13.8 Å². The van der Waals surface area contributed by atoms with Crippen molar-refractivity contribution in [3.05, 3.63) is 34.6 Å². The maximum absolute atomic E-state index is 11.3. The van der Waals surface area contributed by atoms with Crippen molar-refractivity contribution >= 4 is 28.4 Å². The first-order chi connectivity index (χ1) is 7.09. The van der Waals surface area contributed by atoms with E-state index in [1.807, 2.05) is 6.07 Å². The highest BCUT2D eigenvalue weighted by Gasteiger charge is 2.09. The zero-order chi connectivity index (χ0) is 11.0. The summed E-state index contributed by atoms with van der Waals surface area (Å²) < 4.78 is 0. The van der Waals surface area contributed by atoms with Crippen LogP contribution >= 0.6 is 11.6 Å². The number of hydrogen-bond acceptors (Lipinski definition) is 3. The predicted molar refractivity (Wildman–Crippen MR) is 59.3 cm³/mol. The summed E-state index contributed by atoms with van der Waals surface area (Å²) in [6, 6.07) is 5.34. The number of para-hydroxylation sites is 1. The highest BCUT2D eigenvalue weighted by molar-refractivity contribution is 6.30. The molecule has 1 heterocycles. The fourth-order valence-electron chi connectivity index (χ4n) is 1.43. The van der Waals surface area contributed by atoms with Gasteiger partial charge in [-0.15, -0.1) is 0 Å². The molecular weight excluding hydrogens is 212 g/mol. The Morgan fingerprint density at radius 2 is 2.07 bits per heavy atom. The van der Waals surface area contributed by atoms with Crippen LogP contribution in [-0.2, 0) is 0 Å². The number of rotatable bonds is 1. The molecule has 0 amide bonds. The number of nitrogens with zero attached hydrogens (tertiary/aromatic N) is 2. The highest BCUT2D eigenvalue weighted by atomic mass is 35.5. The number of fused-ring (bicyclic) bond motifs is 1. The second-order valence-electron chi connectivity index (χ2n) is 3.33. The Balaban J connectivity index is 2.86. The molecule has 0 aliphatic carbocycles. The number of carbonyl (C=O) groups is 1. The molecule has 2 rings (SSSR count). The number of carbonyl (C=O) groups excluding carboxylic acids is 1. The summed E-state index contributed by atoms with van der Waals surface area (Å²) in [6.07, 6.45) is 0. The van der Waals surface area contributed by atoms with Gasteiger partial charge in [0, 0.05) is 5.56 Å². The van der Waals surface area contributed by atoms with Crippen LogP contribution in [0, 0.1) is 6.92 Å². The van der Waals surface area contributed by atoms with Crippen molar-refractivity contribution < 1.29 is 4.79 Å². The molecule has 0 N–H and O–H groups in total. The largest absolute Gasteiger partial charge is 0.294 e.